The Hall–Kier alpha value is -4.96. The molecule has 0 atom stereocenters. The van der Waals surface area contributed by atoms with E-state index in [0.29, 0.717) is 44.0 Å². The second-order valence-electron chi connectivity index (χ2n) is 10.5. The van der Waals surface area contributed by atoms with Gasteiger partial charge in [-0.25, -0.2) is 27.1 Å². The number of hydrogen-bond acceptors (Lipinski definition) is 10. The number of halogens is 2. The van der Waals surface area contributed by atoms with Gasteiger partial charge in [-0.15, -0.1) is 20.5 Å². The van der Waals surface area contributed by atoms with Gasteiger partial charge in [0.1, 0.15) is 22.7 Å². The second-order valence-corrected chi connectivity index (χ2v) is 14.4. The van der Waals surface area contributed by atoms with Crippen molar-refractivity contribution < 1.29 is 16.8 Å². The topological polar surface area (TPSA) is 222 Å². The molecule has 6 rings (SSSR count). The molecule has 0 aliphatic carbocycles. The van der Waals surface area contributed by atoms with Crippen LogP contribution in [0.2, 0.25) is 10.0 Å². The SMILES string of the molecule is Nc1c(/N=N/c2ccc(-c3ccc(/N=N/c4cc(S(N)(=O)=O)c5ccccc5c4N)c(Cl)c3)cc2Cl)cc(S(N)(=O)=O)c2ccccc12. The van der Waals surface area contributed by atoms with Crippen LogP contribution in [0.5, 0.6) is 0 Å². The van der Waals surface area contributed by atoms with Gasteiger partial charge in [0.15, 0.2) is 0 Å². The fourth-order valence-electron chi connectivity index (χ4n) is 5.09. The fraction of sp³-hybridized carbons (Fsp3) is 0. The van der Waals surface area contributed by atoms with Crippen LogP contribution in [0.25, 0.3) is 32.7 Å². The van der Waals surface area contributed by atoms with Crippen LogP contribution in [-0.4, -0.2) is 16.8 Å². The third kappa shape index (κ3) is 6.44. The van der Waals surface area contributed by atoms with Crippen LogP contribution in [0.1, 0.15) is 0 Å². The van der Waals surface area contributed by atoms with E-state index in [2.05, 4.69) is 20.5 Å². The Kier molecular flexibility index (Phi) is 8.63. The van der Waals surface area contributed by atoms with Gasteiger partial charge in [0.05, 0.1) is 31.2 Å². The predicted molar refractivity (Wildman–Crippen MR) is 190 cm³/mol. The molecule has 48 heavy (non-hydrogen) atoms. The number of azo groups is 2. The number of nitrogens with zero attached hydrogens (tertiary/aromatic N) is 4. The third-order valence-electron chi connectivity index (χ3n) is 7.43. The molecule has 16 heteroatoms. The molecule has 0 bridgehead atoms. The molecule has 0 unspecified atom stereocenters. The summed E-state index contributed by atoms with van der Waals surface area (Å²) >= 11 is 13.1. The molecule has 12 nitrogen and oxygen atoms in total. The summed E-state index contributed by atoms with van der Waals surface area (Å²) in [5.41, 5.74) is 15.2. The van der Waals surface area contributed by atoms with Crippen molar-refractivity contribution >= 4 is 98.9 Å². The molecular weight excluding hydrogens is 695 g/mol. The number of primary sulfonamides is 2. The van der Waals surface area contributed by atoms with Crippen molar-refractivity contribution in [1.82, 2.24) is 0 Å². The van der Waals surface area contributed by atoms with E-state index in [1.807, 2.05) is 0 Å². The van der Waals surface area contributed by atoms with Gasteiger partial charge in [-0.1, -0.05) is 83.9 Å². The maximum atomic E-state index is 12.3. The van der Waals surface area contributed by atoms with Gasteiger partial charge < -0.3 is 11.5 Å². The van der Waals surface area contributed by atoms with Crippen molar-refractivity contribution in [1.29, 1.82) is 0 Å². The van der Waals surface area contributed by atoms with Gasteiger partial charge in [0.25, 0.3) is 0 Å². The molecular formula is C32H24Cl2N8O4S2. The minimum atomic E-state index is -4.08. The molecule has 0 aromatic heterocycles. The first-order valence-electron chi connectivity index (χ1n) is 13.8. The third-order valence-corrected chi connectivity index (χ3v) is 9.93. The first-order valence-corrected chi connectivity index (χ1v) is 17.7. The van der Waals surface area contributed by atoms with Crippen LogP contribution in [0.4, 0.5) is 34.1 Å². The Bertz CT molecular complexity index is 2400. The maximum Gasteiger partial charge on any atom is 0.238 e. The van der Waals surface area contributed by atoms with Gasteiger partial charge in [0, 0.05) is 21.5 Å². The van der Waals surface area contributed by atoms with E-state index in [0.717, 1.165) is 0 Å². The minimum absolute atomic E-state index is 0.112. The van der Waals surface area contributed by atoms with Gasteiger partial charge >= 0.3 is 0 Å². The molecule has 0 amide bonds. The van der Waals surface area contributed by atoms with Crippen molar-refractivity contribution in [3.8, 4) is 11.1 Å². The highest BCUT2D eigenvalue weighted by Crippen LogP contribution is 2.40. The number of fused-ring (bicyclic) bond motifs is 2. The quantitative estimate of drug-likeness (QED) is 0.0938. The van der Waals surface area contributed by atoms with Crippen molar-refractivity contribution in [3.05, 3.63) is 107 Å². The molecule has 0 spiro atoms. The molecule has 8 N–H and O–H groups in total. The van der Waals surface area contributed by atoms with Crippen molar-refractivity contribution in [2.24, 2.45) is 30.7 Å². The highest BCUT2D eigenvalue weighted by Gasteiger charge is 2.19. The van der Waals surface area contributed by atoms with E-state index >= 15 is 0 Å². The summed E-state index contributed by atoms with van der Waals surface area (Å²) in [6.45, 7) is 0. The Morgan fingerprint density at radius 3 is 1.12 bits per heavy atom. The highest BCUT2D eigenvalue weighted by atomic mass is 35.5. The Balaban J connectivity index is 1.28. The Labute approximate surface area is 284 Å². The lowest BCUT2D eigenvalue weighted by Crippen LogP contribution is -2.13. The van der Waals surface area contributed by atoms with Crippen LogP contribution in [0.15, 0.2) is 127 Å². The summed E-state index contributed by atoms with van der Waals surface area (Å²) < 4.78 is 49.0. The summed E-state index contributed by atoms with van der Waals surface area (Å²) in [6, 6.07) is 26.0. The molecule has 0 aliphatic rings. The van der Waals surface area contributed by atoms with Crippen molar-refractivity contribution in [2.45, 2.75) is 9.79 Å². The fourth-order valence-corrected chi connectivity index (χ4v) is 7.05. The van der Waals surface area contributed by atoms with Crippen LogP contribution >= 0.6 is 23.2 Å². The number of sulfonamides is 2. The molecule has 0 aliphatic heterocycles. The van der Waals surface area contributed by atoms with E-state index in [9.17, 15) is 16.8 Å². The molecule has 0 fully saturated rings. The Morgan fingerprint density at radius 2 is 0.792 bits per heavy atom. The van der Waals surface area contributed by atoms with Crippen LogP contribution in [-0.2, 0) is 20.0 Å². The number of benzene rings is 6. The smallest absolute Gasteiger partial charge is 0.238 e. The van der Waals surface area contributed by atoms with E-state index in [-0.39, 0.29) is 42.6 Å². The lowest BCUT2D eigenvalue weighted by molar-refractivity contribution is 0.597. The lowest BCUT2D eigenvalue weighted by Gasteiger charge is -2.10. The number of nitrogen functional groups attached to an aromatic ring is 2. The molecule has 0 radical (unpaired) electrons. The molecule has 6 aromatic rings. The number of hydrogen-bond donors (Lipinski definition) is 4. The second kappa shape index (κ2) is 12.6. The first kappa shape index (κ1) is 33.0. The normalized spacial score (nSPS) is 12.5. The summed E-state index contributed by atoms with van der Waals surface area (Å²) in [5, 5.41) is 29.8. The average Bonchev–Trinajstić information content (AvgIpc) is 3.04. The largest absolute Gasteiger partial charge is 0.396 e. The number of rotatable bonds is 7. The van der Waals surface area contributed by atoms with E-state index in [1.54, 1.807) is 84.9 Å². The van der Waals surface area contributed by atoms with Gasteiger partial charge in [0.2, 0.25) is 20.0 Å². The average molecular weight is 720 g/mol. The summed E-state index contributed by atoms with van der Waals surface area (Å²) in [6.07, 6.45) is 0. The zero-order valence-corrected chi connectivity index (χ0v) is 27.7. The molecule has 0 saturated carbocycles. The van der Waals surface area contributed by atoms with Gasteiger partial charge in [-0.3, -0.25) is 0 Å². The number of nitrogens with two attached hydrogens (primary N) is 4. The monoisotopic (exact) mass is 718 g/mol. The summed E-state index contributed by atoms with van der Waals surface area (Å²) in [7, 11) is -8.15. The van der Waals surface area contributed by atoms with E-state index in [4.69, 9.17) is 44.9 Å². The number of anilines is 2. The minimum Gasteiger partial charge on any atom is -0.396 e. The van der Waals surface area contributed by atoms with Crippen LogP contribution in [0, 0.1) is 0 Å². The molecule has 242 valence electrons. The van der Waals surface area contributed by atoms with E-state index < -0.39 is 20.0 Å². The van der Waals surface area contributed by atoms with Crippen LogP contribution < -0.4 is 21.7 Å². The summed E-state index contributed by atoms with van der Waals surface area (Å²) in [4.78, 5) is -0.256. The Morgan fingerprint density at radius 1 is 0.458 bits per heavy atom. The van der Waals surface area contributed by atoms with Crippen LogP contribution in [0.3, 0.4) is 0 Å². The van der Waals surface area contributed by atoms with Gasteiger partial charge in [-0.2, -0.15) is 0 Å². The molecule has 6 aromatic carbocycles. The van der Waals surface area contributed by atoms with E-state index in [1.165, 1.54) is 12.1 Å². The standard InChI is InChI=1S/C32H24Cl2N8O4S2/c33-23-13-17(9-11-25(23)39-41-27-15-29(47(37,43)44)19-5-1-3-7-21(19)31(27)35)18-10-12-26(24(34)14-18)40-42-28-16-30(48(38,45)46)20-6-2-4-8-22(20)32(28)36/h1-16H,35-36H2,(H2,37,43,44)(H2,38,45,46)/b41-39+,42-40+. The predicted octanol–water partition coefficient (Wildman–Crippen LogP) is 8.26. The first-order chi connectivity index (χ1) is 22.7. The van der Waals surface area contributed by atoms with Crippen molar-refractivity contribution in [3.63, 3.8) is 0 Å². The zero-order valence-electron chi connectivity index (χ0n) is 24.5. The maximum absolute atomic E-state index is 12.3. The highest BCUT2D eigenvalue weighted by molar-refractivity contribution is 7.89. The zero-order chi connectivity index (χ0) is 34.4. The lowest BCUT2D eigenvalue weighted by atomic mass is 10.0. The summed E-state index contributed by atoms with van der Waals surface area (Å²) in [5.74, 6) is 0. The molecule has 0 heterocycles. The molecule has 0 saturated heterocycles. The van der Waals surface area contributed by atoms with Crippen molar-refractivity contribution in [2.75, 3.05) is 11.5 Å². The van der Waals surface area contributed by atoms with Gasteiger partial charge in [-0.05, 0) is 47.5 Å².